The van der Waals surface area contributed by atoms with Gasteiger partial charge in [0.1, 0.15) is 0 Å². The summed E-state index contributed by atoms with van der Waals surface area (Å²) in [6, 6.07) is 19.8. The minimum absolute atomic E-state index is 0.0968. The van der Waals surface area contributed by atoms with Crippen molar-refractivity contribution in [3.05, 3.63) is 95.2 Å². The van der Waals surface area contributed by atoms with E-state index in [2.05, 4.69) is 16.0 Å². The lowest BCUT2D eigenvalue weighted by molar-refractivity contribution is 0.787. The Bertz CT molecular complexity index is 1050. The van der Waals surface area contributed by atoms with Crippen molar-refractivity contribution in [3.8, 4) is 11.1 Å². The lowest BCUT2D eigenvalue weighted by atomic mass is 10.0. The van der Waals surface area contributed by atoms with Crippen LogP contribution in [0.4, 0.5) is 0 Å². The van der Waals surface area contributed by atoms with Crippen LogP contribution in [0.3, 0.4) is 0 Å². The first-order valence-corrected chi connectivity index (χ1v) is 7.75. The summed E-state index contributed by atoms with van der Waals surface area (Å²) in [4.78, 5) is 20.7. The summed E-state index contributed by atoms with van der Waals surface area (Å²) in [5.74, 6) is 0. The average molecular weight is 313 g/mol. The van der Waals surface area contributed by atoms with Crippen LogP contribution in [0.2, 0.25) is 0 Å². The van der Waals surface area contributed by atoms with Gasteiger partial charge in [-0.2, -0.15) is 0 Å². The fraction of sp³-hybridized carbons (Fsp3) is 0.0500. The second-order valence-corrected chi connectivity index (χ2v) is 5.61. The molecule has 24 heavy (non-hydrogen) atoms. The Morgan fingerprint density at radius 2 is 1.75 bits per heavy atom. The van der Waals surface area contributed by atoms with Gasteiger partial charge in [0, 0.05) is 12.4 Å². The monoisotopic (exact) mass is 313 g/mol. The highest BCUT2D eigenvalue weighted by atomic mass is 16.1. The Kier molecular flexibility index (Phi) is 3.63. The highest BCUT2D eigenvalue weighted by Gasteiger charge is 2.06. The van der Waals surface area contributed by atoms with E-state index in [-0.39, 0.29) is 5.56 Å². The third-order valence-electron chi connectivity index (χ3n) is 4.02. The summed E-state index contributed by atoms with van der Waals surface area (Å²) in [6.07, 6.45) is 4.98. The molecule has 4 rings (SSSR count). The summed E-state index contributed by atoms with van der Waals surface area (Å²) in [5.41, 5.74) is 4.78. The van der Waals surface area contributed by atoms with E-state index < -0.39 is 0 Å². The Labute approximate surface area is 139 Å². The molecule has 0 saturated carbocycles. The fourth-order valence-corrected chi connectivity index (χ4v) is 2.84. The van der Waals surface area contributed by atoms with Crippen molar-refractivity contribution in [2.24, 2.45) is 0 Å². The average Bonchev–Trinajstić information content (AvgIpc) is 2.65. The van der Waals surface area contributed by atoms with Crippen molar-refractivity contribution < 1.29 is 0 Å². The van der Waals surface area contributed by atoms with E-state index in [0.717, 1.165) is 27.7 Å². The molecule has 0 aliphatic heterocycles. The molecule has 0 aliphatic carbocycles. The molecule has 2 aromatic carbocycles. The van der Waals surface area contributed by atoms with Crippen LogP contribution >= 0.6 is 0 Å². The number of aromatic nitrogens is 3. The van der Waals surface area contributed by atoms with Gasteiger partial charge in [0.25, 0.3) is 5.56 Å². The first-order valence-electron chi connectivity index (χ1n) is 7.75. The first-order chi connectivity index (χ1) is 11.8. The number of hydrogen-bond donors (Lipinski definition) is 0. The second kappa shape index (κ2) is 6.08. The van der Waals surface area contributed by atoms with Crippen molar-refractivity contribution in [2.75, 3.05) is 0 Å². The molecule has 0 saturated heterocycles. The Hall–Kier alpha value is -3.27. The first kappa shape index (κ1) is 14.3. The minimum Gasteiger partial charge on any atom is -0.301 e. The van der Waals surface area contributed by atoms with Crippen LogP contribution in [0.1, 0.15) is 5.56 Å². The summed E-state index contributed by atoms with van der Waals surface area (Å²) in [6.45, 7) is 0.510. The largest absolute Gasteiger partial charge is 0.301 e. The van der Waals surface area contributed by atoms with Crippen LogP contribution in [-0.4, -0.2) is 14.5 Å². The lowest BCUT2D eigenvalue weighted by Crippen LogP contribution is -2.21. The van der Waals surface area contributed by atoms with Crippen LogP contribution in [0.15, 0.2) is 84.0 Å². The maximum atomic E-state index is 12.3. The number of nitrogens with zero attached hydrogens (tertiary/aromatic N) is 3. The number of rotatable bonds is 3. The fourth-order valence-electron chi connectivity index (χ4n) is 2.84. The maximum Gasteiger partial charge on any atom is 0.269 e. The minimum atomic E-state index is -0.0968. The molecule has 2 heterocycles. The molecule has 0 bridgehead atoms. The van der Waals surface area contributed by atoms with E-state index in [1.165, 1.54) is 6.20 Å². The smallest absolute Gasteiger partial charge is 0.269 e. The number of para-hydroxylation sites is 2. The number of benzene rings is 2. The van der Waals surface area contributed by atoms with E-state index in [1.807, 2.05) is 60.8 Å². The predicted octanol–water partition coefficient (Wildman–Crippen LogP) is 3.51. The van der Waals surface area contributed by atoms with Crippen molar-refractivity contribution >= 4 is 11.0 Å². The second-order valence-electron chi connectivity index (χ2n) is 5.61. The molecule has 4 nitrogen and oxygen atoms in total. The zero-order valence-corrected chi connectivity index (χ0v) is 13.0. The number of fused-ring (bicyclic) bond motifs is 1. The normalized spacial score (nSPS) is 10.8. The van der Waals surface area contributed by atoms with Gasteiger partial charge < -0.3 is 4.57 Å². The Morgan fingerprint density at radius 1 is 0.875 bits per heavy atom. The van der Waals surface area contributed by atoms with Gasteiger partial charge in [-0.25, -0.2) is 4.98 Å². The van der Waals surface area contributed by atoms with Crippen molar-refractivity contribution in [1.29, 1.82) is 0 Å². The number of pyridine rings is 1. The summed E-state index contributed by atoms with van der Waals surface area (Å²) >= 11 is 0. The van der Waals surface area contributed by atoms with E-state index in [0.29, 0.717) is 6.54 Å². The third kappa shape index (κ3) is 2.70. The van der Waals surface area contributed by atoms with Crippen LogP contribution in [0.25, 0.3) is 22.2 Å². The van der Waals surface area contributed by atoms with Gasteiger partial charge in [-0.3, -0.25) is 9.78 Å². The summed E-state index contributed by atoms with van der Waals surface area (Å²) in [7, 11) is 0. The molecule has 2 aromatic heterocycles. The van der Waals surface area contributed by atoms with Gasteiger partial charge in [-0.1, -0.05) is 36.4 Å². The van der Waals surface area contributed by atoms with Crippen molar-refractivity contribution in [3.63, 3.8) is 0 Å². The SMILES string of the molecule is O=c1cnc2ccccc2n1Cc1cccc(-c2cccnc2)c1. The molecular formula is C20H15N3O. The van der Waals surface area contributed by atoms with Gasteiger partial charge in [0.15, 0.2) is 0 Å². The summed E-state index contributed by atoms with van der Waals surface area (Å²) in [5, 5.41) is 0. The molecule has 4 aromatic rings. The topological polar surface area (TPSA) is 47.8 Å². The van der Waals surface area contributed by atoms with Crippen LogP contribution in [-0.2, 0) is 6.54 Å². The van der Waals surface area contributed by atoms with Crippen LogP contribution in [0.5, 0.6) is 0 Å². The molecule has 0 atom stereocenters. The molecule has 0 radical (unpaired) electrons. The van der Waals surface area contributed by atoms with Gasteiger partial charge >= 0.3 is 0 Å². The molecular weight excluding hydrogens is 298 g/mol. The molecule has 0 spiro atoms. The standard InChI is InChI=1S/C20H15N3O/c24-20-13-22-18-8-1-2-9-19(18)23(20)14-15-5-3-6-16(11-15)17-7-4-10-21-12-17/h1-13H,14H2. The van der Waals surface area contributed by atoms with Gasteiger partial charge in [0.05, 0.1) is 23.8 Å². The molecule has 116 valence electrons. The molecule has 0 N–H and O–H groups in total. The van der Waals surface area contributed by atoms with E-state index >= 15 is 0 Å². The molecule has 0 fully saturated rings. The van der Waals surface area contributed by atoms with E-state index in [4.69, 9.17) is 0 Å². The van der Waals surface area contributed by atoms with Crippen LogP contribution in [0, 0.1) is 0 Å². The third-order valence-corrected chi connectivity index (χ3v) is 4.02. The van der Waals surface area contributed by atoms with Crippen molar-refractivity contribution in [2.45, 2.75) is 6.54 Å². The Morgan fingerprint density at radius 3 is 2.62 bits per heavy atom. The highest BCUT2D eigenvalue weighted by Crippen LogP contribution is 2.20. The molecule has 4 heteroatoms. The lowest BCUT2D eigenvalue weighted by Gasteiger charge is -2.10. The molecule has 0 aliphatic rings. The Balaban J connectivity index is 1.77. The van der Waals surface area contributed by atoms with Crippen LogP contribution < -0.4 is 5.56 Å². The van der Waals surface area contributed by atoms with E-state index in [1.54, 1.807) is 10.8 Å². The zero-order valence-electron chi connectivity index (χ0n) is 13.0. The van der Waals surface area contributed by atoms with Crippen molar-refractivity contribution in [1.82, 2.24) is 14.5 Å². The zero-order chi connectivity index (χ0) is 16.4. The molecule has 0 unspecified atom stereocenters. The maximum absolute atomic E-state index is 12.3. The molecule has 0 amide bonds. The summed E-state index contributed by atoms with van der Waals surface area (Å²) < 4.78 is 1.75. The van der Waals surface area contributed by atoms with E-state index in [9.17, 15) is 4.79 Å². The van der Waals surface area contributed by atoms with Gasteiger partial charge in [-0.15, -0.1) is 0 Å². The predicted molar refractivity (Wildman–Crippen MR) is 94.8 cm³/mol. The van der Waals surface area contributed by atoms with Gasteiger partial charge in [-0.05, 0) is 41.0 Å². The number of hydrogen-bond acceptors (Lipinski definition) is 3. The highest BCUT2D eigenvalue weighted by molar-refractivity contribution is 5.74. The van der Waals surface area contributed by atoms with Gasteiger partial charge in [0.2, 0.25) is 0 Å². The quantitative estimate of drug-likeness (QED) is 0.581.